The fourth-order valence-electron chi connectivity index (χ4n) is 1.85. The van der Waals surface area contributed by atoms with Gasteiger partial charge in [-0.05, 0) is 13.8 Å². The van der Waals surface area contributed by atoms with Crippen LogP contribution in [0.25, 0.3) is 0 Å². The lowest BCUT2D eigenvalue weighted by Gasteiger charge is -2.06. The van der Waals surface area contributed by atoms with E-state index in [1.54, 1.807) is 19.4 Å². The molecule has 96 valence electrons. The van der Waals surface area contributed by atoms with E-state index in [-0.39, 0.29) is 11.5 Å². The van der Waals surface area contributed by atoms with Gasteiger partial charge in [-0.2, -0.15) is 5.10 Å². The van der Waals surface area contributed by atoms with Gasteiger partial charge in [0.25, 0.3) is 0 Å². The summed E-state index contributed by atoms with van der Waals surface area (Å²) in [5, 5.41) is 14.9. The van der Waals surface area contributed by atoms with Crippen LogP contribution in [-0.4, -0.2) is 24.3 Å². The molecular formula is C10H14N6O2. The summed E-state index contributed by atoms with van der Waals surface area (Å²) in [5.74, 6) is 0.0707. The van der Waals surface area contributed by atoms with Gasteiger partial charge in [0.05, 0.1) is 29.7 Å². The number of imidazole rings is 1. The minimum Gasteiger partial charge on any atom is -0.378 e. The van der Waals surface area contributed by atoms with E-state index in [1.165, 1.54) is 4.68 Å². The minimum atomic E-state index is -0.509. The van der Waals surface area contributed by atoms with Gasteiger partial charge in [0.15, 0.2) is 0 Å². The Morgan fingerprint density at radius 3 is 2.83 bits per heavy atom. The van der Waals surface area contributed by atoms with Crippen molar-refractivity contribution in [2.24, 2.45) is 0 Å². The Bertz CT molecular complexity index is 585. The van der Waals surface area contributed by atoms with Crippen LogP contribution in [0.4, 0.5) is 11.5 Å². The third kappa shape index (κ3) is 1.92. The summed E-state index contributed by atoms with van der Waals surface area (Å²) in [7, 11) is 0. The largest absolute Gasteiger partial charge is 0.378 e. The van der Waals surface area contributed by atoms with Crippen LogP contribution in [0.2, 0.25) is 0 Å². The molecule has 2 aromatic heterocycles. The molecule has 0 unspecified atom stereocenters. The van der Waals surface area contributed by atoms with Gasteiger partial charge >= 0.3 is 5.69 Å². The number of nitrogen functional groups attached to an aromatic ring is 1. The summed E-state index contributed by atoms with van der Waals surface area (Å²) in [6.45, 7) is 4.71. The zero-order chi connectivity index (χ0) is 13.3. The van der Waals surface area contributed by atoms with Crippen LogP contribution in [0.15, 0.2) is 12.5 Å². The van der Waals surface area contributed by atoms with Crippen molar-refractivity contribution in [3.8, 4) is 0 Å². The second kappa shape index (κ2) is 4.47. The summed E-state index contributed by atoms with van der Waals surface area (Å²) in [4.78, 5) is 14.4. The molecule has 0 amide bonds. The molecule has 2 rings (SSSR count). The van der Waals surface area contributed by atoms with E-state index < -0.39 is 4.92 Å². The Morgan fingerprint density at radius 2 is 2.28 bits per heavy atom. The Labute approximate surface area is 103 Å². The molecule has 8 nitrogen and oxygen atoms in total. The molecule has 8 heteroatoms. The van der Waals surface area contributed by atoms with Crippen molar-refractivity contribution in [1.82, 2.24) is 19.3 Å². The average Bonchev–Trinajstić information content (AvgIpc) is 2.84. The summed E-state index contributed by atoms with van der Waals surface area (Å²) < 4.78 is 3.36. The molecule has 2 N–H and O–H groups in total. The molecule has 0 aromatic carbocycles. The normalized spacial score (nSPS) is 10.8. The maximum absolute atomic E-state index is 10.8. The molecule has 0 radical (unpaired) electrons. The molecule has 0 bridgehead atoms. The number of nitro groups is 1. The van der Waals surface area contributed by atoms with E-state index in [4.69, 9.17) is 5.73 Å². The van der Waals surface area contributed by atoms with Crippen LogP contribution in [0.1, 0.15) is 18.3 Å². The molecule has 2 aromatic rings. The molecular weight excluding hydrogens is 236 g/mol. The molecule has 18 heavy (non-hydrogen) atoms. The summed E-state index contributed by atoms with van der Waals surface area (Å²) in [5.41, 5.74) is 6.84. The van der Waals surface area contributed by atoms with Crippen molar-refractivity contribution in [2.45, 2.75) is 26.9 Å². The highest BCUT2D eigenvalue weighted by atomic mass is 16.6. The summed E-state index contributed by atoms with van der Waals surface area (Å²) in [6, 6.07) is 0. The van der Waals surface area contributed by atoms with Gasteiger partial charge in [-0.25, -0.2) is 9.67 Å². The third-order valence-corrected chi connectivity index (χ3v) is 2.77. The van der Waals surface area contributed by atoms with Crippen molar-refractivity contribution in [3.63, 3.8) is 0 Å². The lowest BCUT2D eigenvalue weighted by molar-refractivity contribution is -0.384. The van der Waals surface area contributed by atoms with Gasteiger partial charge in [0.1, 0.15) is 5.69 Å². The van der Waals surface area contributed by atoms with Crippen molar-refractivity contribution in [3.05, 3.63) is 34.0 Å². The first-order chi connectivity index (χ1) is 8.54. The monoisotopic (exact) mass is 250 g/mol. The molecule has 0 fully saturated rings. The van der Waals surface area contributed by atoms with E-state index in [0.717, 1.165) is 12.2 Å². The summed E-state index contributed by atoms with van der Waals surface area (Å²) in [6.07, 6.45) is 3.40. The molecule has 0 spiro atoms. The van der Waals surface area contributed by atoms with Gasteiger partial charge in [-0.15, -0.1) is 0 Å². The number of hydrogen-bond acceptors (Lipinski definition) is 5. The number of aryl methyl sites for hydroxylation is 2. The highest BCUT2D eigenvalue weighted by Gasteiger charge is 2.23. The predicted molar refractivity (Wildman–Crippen MR) is 65.0 cm³/mol. The van der Waals surface area contributed by atoms with E-state index in [2.05, 4.69) is 10.1 Å². The first-order valence-corrected chi connectivity index (χ1v) is 5.50. The second-order valence-corrected chi connectivity index (χ2v) is 3.91. The van der Waals surface area contributed by atoms with Crippen molar-refractivity contribution >= 4 is 11.5 Å². The van der Waals surface area contributed by atoms with E-state index in [0.29, 0.717) is 12.2 Å². The SMILES string of the molecule is CCn1cncc1Cn1nc(C)c([N+](=O)[O-])c1N. The molecule has 0 aliphatic carbocycles. The van der Waals surface area contributed by atoms with Gasteiger partial charge in [0.2, 0.25) is 5.82 Å². The first kappa shape index (κ1) is 12.1. The van der Waals surface area contributed by atoms with Gasteiger partial charge in [-0.3, -0.25) is 10.1 Å². The van der Waals surface area contributed by atoms with Crippen LogP contribution in [0.3, 0.4) is 0 Å². The Balaban J connectivity index is 2.36. The number of hydrogen-bond donors (Lipinski definition) is 1. The average molecular weight is 250 g/mol. The van der Waals surface area contributed by atoms with Gasteiger partial charge in [-0.1, -0.05) is 0 Å². The smallest absolute Gasteiger partial charge is 0.333 e. The van der Waals surface area contributed by atoms with Crippen LogP contribution in [0, 0.1) is 17.0 Å². The lowest BCUT2D eigenvalue weighted by Crippen LogP contribution is -2.10. The quantitative estimate of drug-likeness (QED) is 0.642. The van der Waals surface area contributed by atoms with E-state index in [9.17, 15) is 10.1 Å². The molecule has 0 saturated carbocycles. The van der Waals surface area contributed by atoms with Gasteiger partial charge < -0.3 is 10.3 Å². The standard InChI is InChI=1S/C10H14N6O2/c1-3-14-6-12-4-8(14)5-15-10(11)9(16(17)18)7(2)13-15/h4,6H,3,5,11H2,1-2H3. The second-order valence-electron chi connectivity index (χ2n) is 3.91. The fraction of sp³-hybridized carbons (Fsp3) is 0.400. The first-order valence-electron chi connectivity index (χ1n) is 5.50. The Hall–Kier alpha value is -2.38. The number of rotatable bonds is 4. The van der Waals surface area contributed by atoms with Crippen LogP contribution >= 0.6 is 0 Å². The molecule has 0 aliphatic heterocycles. The lowest BCUT2D eigenvalue weighted by atomic mass is 10.4. The molecule has 0 atom stereocenters. The minimum absolute atomic E-state index is 0.0707. The van der Waals surface area contributed by atoms with Crippen LogP contribution in [0.5, 0.6) is 0 Å². The number of nitrogens with two attached hydrogens (primary N) is 1. The molecule has 2 heterocycles. The zero-order valence-electron chi connectivity index (χ0n) is 10.2. The van der Waals surface area contributed by atoms with Crippen molar-refractivity contribution in [2.75, 3.05) is 5.73 Å². The van der Waals surface area contributed by atoms with Crippen molar-refractivity contribution < 1.29 is 4.92 Å². The highest BCUT2D eigenvalue weighted by Crippen LogP contribution is 2.25. The van der Waals surface area contributed by atoms with E-state index >= 15 is 0 Å². The molecule has 0 saturated heterocycles. The van der Waals surface area contributed by atoms with Crippen LogP contribution in [-0.2, 0) is 13.1 Å². The van der Waals surface area contributed by atoms with Crippen molar-refractivity contribution in [1.29, 1.82) is 0 Å². The Morgan fingerprint density at radius 1 is 1.56 bits per heavy atom. The number of aromatic nitrogens is 4. The maximum atomic E-state index is 10.8. The highest BCUT2D eigenvalue weighted by molar-refractivity contribution is 5.56. The zero-order valence-corrected chi connectivity index (χ0v) is 10.2. The Kier molecular flexibility index (Phi) is 3.00. The van der Waals surface area contributed by atoms with E-state index in [1.807, 2.05) is 11.5 Å². The number of anilines is 1. The predicted octanol–water partition coefficient (Wildman–Crippen LogP) is 0.947. The fourth-order valence-corrected chi connectivity index (χ4v) is 1.85. The topological polar surface area (TPSA) is 105 Å². The third-order valence-electron chi connectivity index (χ3n) is 2.77. The maximum Gasteiger partial charge on any atom is 0.333 e. The van der Waals surface area contributed by atoms with Gasteiger partial charge in [0, 0.05) is 6.54 Å². The van der Waals surface area contributed by atoms with Crippen LogP contribution < -0.4 is 5.73 Å². The number of nitrogens with zero attached hydrogens (tertiary/aromatic N) is 5. The summed E-state index contributed by atoms with van der Waals surface area (Å²) >= 11 is 0. The molecule has 0 aliphatic rings.